The summed E-state index contributed by atoms with van der Waals surface area (Å²) >= 11 is 0. The van der Waals surface area contributed by atoms with Gasteiger partial charge in [-0.25, -0.2) is 14.0 Å². The number of nitrogens with one attached hydrogen (secondary N) is 1. The average molecular weight is 234 g/mol. The van der Waals surface area contributed by atoms with Gasteiger partial charge in [-0.05, 0) is 24.6 Å². The Kier molecular flexibility index (Phi) is 2.68. The van der Waals surface area contributed by atoms with Gasteiger partial charge in [0.1, 0.15) is 5.03 Å². The second-order valence-corrected chi connectivity index (χ2v) is 6.10. The Labute approximate surface area is 95.5 Å². The molecular formula is C12H14N2OS. The summed E-state index contributed by atoms with van der Waals surface area (Å²) in [4.78, 5) is 4.32. The molecule has 1 atom stereocenters. The van der Waals surface area contributed by atoms with Crippen LogP contribution in [0.3, 0.4) is 0 Å². The Bertz CT molecular complexity index is 633. The van der Waals surface area contributed by atoms with E-state index in [4.69, 9.17) is 4.78 Å². The van der Waals surface area contributed by atoms with E-state index in [1.807, 2.05) is 31.2 Å². The third-order valence-electron chi connectivity index (χ3n) is 2.64. The summed E-state index contributed by atoms with van der Waals surface area (Å²) in [6, 6.07) is 9.49. The van der Waals surface area contributed by atoms with Gasteiger partial charge in [0.2, 0.25) is 0 Å². The van der Waals surface area contributed by atoms with Gasteiger partial charge in [-0.15, -0.1) is 0 Å². The molecule has 0 fully saturated rings. The van der Waals surface area contributed by atoms with Crippen molar-refractivity contribution in [3.8, 4) is 0 Å². The van der Waals surface area contributed by atoms with Crippen LogP contribution in [-0.2, 0) is 9.73 Å². The standard InChI is InChI=1S/C12H14N2OS/c1-3-16(13,15)12-8-9(2)10-6-4-5-7-11(10)14-12/h4-8,13H,3H2,1-2H3/t16-/m0/s1. The lowest BCUT2D eigenvalue weighted by atomic mass is 10.1. The van der Waals surface area contributed by atoms with E-state index in [0.717, 1.165) is 16.5 Å². The van der Waals surface area contributed by atoms with E-state index in [1.54, 1.807) is 13.0 Å². The molecule has 84 valence electrons. The Morgan fingerprint density at radius 1 is 1.38 bits per heavy atom. The second-order valence-electron chi connectivity index (χ2n) is 3.76. The number of pyridine rings is 1. The first-order chi connectivity index (χ1) is 7.54. The van der Waals surface area contributed by atoms with Crippen LogP contribution in [0.1, 0.15) is 12.5 Å². The number of para-hydroxylation sites is 1. The van der Waals surface area contributed by atoms with E-state index in [9.17, 15) is 4.21 Å². The smallest absolute Gasteiger partial charge is 0.136 e. The fourth-order valence-electron chi connectivity index (χ4n) is 1.64. The monoisotopic (exact) mass is 234 g/mol. The fourth-order valence-corrected chi connectivity index (χ4v) is 2.54. The third-order valence-corrected chi connectivity index (χ3v) is 4.34. The highest BCUT2D eigenvalue weighted by Gasteiger charge is 2.11. The summed E-state index contributed by atoms with van der Waals surface area (Å²) in [6.07, 6.45) is 0. The number of rotatable bonds is 2. The maximum Gasteiger partial charge on any atom is 0.136 e. The molecule has 3 nitrogen and oxygen atoms in total. The summed E-state index contributed by atoms with van der Waals surface area (Å²) in [7, 11) is -2.72. The summed E-state index contributed by atoms with van der Waals surface area (Å²) < 4.78 is 19.7. The second kappa shape index (κ2) is 3.87. The highest BCUT2D eigenvalue weighted by atomic mass is 32.2. The Balaban J connectivity index is 2.77. The minimum absolute atomic E-state index is 0.303. The van der Waals surface area contributed by atoms with Gasteiger partial charge in [-0.1, -0.05) is 25.1 Å². The molecule has 0 saturated heterocycles. The predicted molar refractivity (Wildman–Crippen MR) is 66.1 cm³/mol. The van der Waals surface area contributed by atoms with Crippen LogP contribution in [0.2, 0.25) is 0 Å². The zero-order valence-electron chi connectivity index (χ0n) is 9.36. The largest absolute Gasteiger partial charge is 0.248 e. The molecule has 0 aliphatic heterocycles. The highest BCUT2D eigenvalue weighted by Crippen LogP contribution is 2.20. The lowest BCUT2D eigenvalue weighted by molar-refractivity contribution is 0.672. The van der Waals surface area contributed by atoms with Crippen molar-refractivity contribution in [2.24, 2.45) is 0 Å². The summed E-state index contributed by atoms with van der Waals surface area (Å²) in [5, 5.41) is 1.45. The van der Waals surface area contributed by atoms with Crippen molar-refractivity contribution in [3.05, 3.63) is 35.9 Å². The Morgan fingerprint density at radius 2 is 2.06 bits per heavy atom. The van der Waals surface area contributed by atoms with Gasteiger partial charge in [0, 0.05) is 11.1 Å². The average Bonchev–Trinajstić information content (AvgIpc) is 2.29. The molecule has 0 bridgehead atoms. The van der Waals surface area contributed by atoms with E-state index < -0.39 is 9.73 Å². The molecule has 0 aliphatic rings. The lowest BCUT2D eigenvalue weighted by Gasteiger charge is -2.07. The van der Waals surface area contributed by atoms with Crippen molar-refractivity contribution < 1.29 is 4.21 Å². The molecule has 0 spiro atoms. The van der Waals surface area contributed by atoms with Gasteiger partial charge in [0.25, 0.3) is 0 Å². The fraction of sp³-hybridized carbons (Fsp3) is 0.250. The van der Waals surface area contributed by atoms with E-state index in [1.165, 1.54) is 0 Å². The number of hydrogen-bond acceptors (Lipinski definition) is 3. The molecule has 0 aliphatic carbocycles. The zero-order valence-corrected chi connectivity index (χ0v) is 10.2. The molecule has 1 aromatic carbocycles. The predicted octanol–water partition coefficient (Wildman–Crippen LogP) is 2.97. The number of hydrogen-bond donors (Lipinski definition) is 1. The molecule has 1 N–H and O–H groups in total. The molecule has 4 heteroatoms. The van der Waals surface area contributed by atoms with Gasteiger partial charge in [0.05, 0.1) is 15.2 Å². The lowest BCUT2D eigenvalue weighted by Crippen LogP contribution is -2.05. The van der Waals surface area contributed by atoms with Crippen molar-refractivity contribution >= 4 is 20.6 Å². The SMILES string of the molecule is CC[S@](=N)(=O)c1cc(C)c2ccccc2n1. The van der Waals surface area contributed by atoms with Crippen LogP contribution in [0, 0.1) is 11.7 Å². The first-order valence-electron chi connectivity index (χ1n) is 5.17. The first-order valence-corrected chi connectivity index (χ1v) is 6.90. The van der Waals surface area contributed by atoms with Crippen LogP contribution in [0.25, 0.3) is 10.9 Å². The number of fused-ring (bicyclic) bond motifs is 1. The van der Waals surface area contributed by atoms with Gasteiger partial charge in [-0.2, -0.15) is 0 Å². The van der Waals surface area contributed by atoms with E-state index >= 15 is 0 Å². The van der Waals surface area contributed by atoms with Crippen molar-refractivity contribution in [1.29, 1.82) is 4.78 Å². The van der Waals surface area contributed by atoms with Crippen molar-refractivity contribution in [1.82, 2.24) is 4.98 Å². The number of aromatic nitrogens is 1. The molecule has 1 heterocycles. The minimum Gasteiger partial charge on any atom is -0.248 e. The maximum atomic E-state index is 12.0. The van der Waals surface area contributed by atoms with Crippen molar-refractivity contribution in [3.63, 3.8) is 0 Å². The highest BCUT2D eigenvalue weighted by molar-refractivity contribution is 7.92. The van der Waals surface area contributed by atoms with Crippen molar-refractivity contribution in [2.75, 3.05) is 5.75 Å². The van der Waals surface area contributed by atoms with Crippen molar-refractivity contribution in [2.45, 2.75) is 18.9 Å². The molecular weight excluding hydrogens is 220 g/mol. The Hall–Kier alpha value is -1.42. The molecule has 1 aromatic heterocycles. The maximum absolute atomic E-state index is 12.0. The molecule has 2 rings (SSSR count). The van der Waals surface area contributed by atoms with Gasteiger partial charge in [-0.3, -0.25) is 0 Å². The number of benzene rings is 1. The Morgan fingerprint density at radius 3 is 2.75 bits per heavy atom. The zero-order chi connectivity index (χ0) is 11.8. The normalized spacial score (nSPS) is 14.9. The van der Waals surface area contributed by atoms with Crippen LogP contribution >= 0.6 is 0 Å². The number of aryl methyl sites for hydroxylation is 1. The van der Waals surface area contributed by atoms with Crippen LogP contribution < -0.4 is 0 Å². The van der Waals surface area contributed by atoms with E-state index in [2.05, 4.69) is 4.98 Å². The molecule has 2 aromatic rings. The molecule has 0 radical (unpaired) electrons. The number of nitrogens with zero attached hydrogens (tertiary/aromatic N) is 1. The van der Waals surface area contributed by atoms with Crippen LogP contribution in [0.5, 0.6) is 0 Å². The van der Waals surface area contributed by atoms with Crippen LogP contribution in [-0.4, -0.2) is 14.9 Å². The molecule has 0 unspecified atom stereocenters. The van der Waals surface area contributed by atoms with Gasteiger partial charge >= 0.3 is 0 Å². The molecule has 16 heavy (non-hydrogen) atoms. The molecule has 0 saturated carbocycles. The van der Waals surface area contributed by atoms with Gasteiger partial charge < -0.3 is 0 Å². The summed E-state index contributed by atoms with van der Waals surface area (Å²) in [6.45, 7) is 3.71. The third kappa shape index (κ3) is 1.80. The topological polar surface area (TPSA) is 53.8 Å². The van der Waals surface area contributed by atoms with Gasteiger partial charge in [0.15, 0.2) is 0 Å². The van der Waals surface area contributed by atoms with E-state index in [0.29, 0.717) is 10.8 Å². The quantitative estimate of drug-likeness (QED) is 0.868. The minimum atomic E-state index is -2.72. The first kappa shape index (κ1) is 11.1. The van der Waals surface area contributed by atoms with Crippen LogP contribution in [0.4, 0.5) is 0 Å². The molecule has 0 amide bonds. The van der Waals surface area contributed by atoms with Crippen LogP contribution in [0.15, 0.2) is 35.4 Å². The summed E-state index contributed by atoms with van der Waals surface area (Å²) in [5.74, 6) is 0.303. The van der Waals surface area contributed by atoms with E-state index in [-0.39, 0.29) is 0 Å². The summed E-state index contributed by atoms with van der Waals surface area (Å²) in [5.41, 5.74) is 1.83.